The predicted octanol–water partition coefficient (Wildman–Crippen LogP) is 2.93. The minimum Gasteiger partial charge on any atom is -0.478 e. The van der Waals surface area contributed by atoms with E-state index in [4.69, 9.17) is 0 Å². The van der Waals surface area contributed by atoms with Gasteiger partial charge >= 0.3 is 5.97 Å². The molecule has 0 radical (unpaired) electrons. The number of sulfonamides is 1. The quantitative estimate of drug-likeness (QED) is 0.671. The fourth-order valence-corrected chi connectivity index (χ4v) is 3.24. The molecule has 0 aliphatic rings. The number of carboxylic acids is 1. The van der Waals surface area contributed by atoms with E-state index in [1.165, 1.54) is 18.2 Å². The monoisotopic (exact) mass is 362 g/mol. The Labute approximate surface area is 147 Å². The smallest absolute Gasteiger partial charge is 0.337 e. The number of benzene rings is 2. The van der Waals surface area contributed by atoms with Gasteiger partial charge in [-0.15, -0.1) is 0 Å². The van der Waals surface area contributed by atoms with E-state index in [0.717, 1.165) is 5.56 Å². The van der Waals surface area contributed by atoms with Crippen LogP contribution in [0.5, 0.6) is 0 Å². The summed E-state index contributed by atoms with van der Waals surface area (Å²) in [6.45, 7) is 4.73. The highest BCUT2D eigenvalue weighted by Gasteiger charge is 2.19. The fraction of sp³-hybridized carbons (Fsp3) is 0.278. The lowest BCUT2D eigenvalue weighted by atomic mass is 10.1. The van der Waals surface area contributed by atoms with Gasteiger partial charge in [-0.2, -0.15) is 0 Å². The van der Waals surface area contributed by atoms with Crippen LogP contribution in [-0.4, -0.2) is 26.0 Å². The highest BCUT2D eigenvalue weighted by atomic mass is 32.2. The maximum absolute atomic E-state index is 12.4. The van der Waals surface area contributed by atoms with Crippen molar-refractivity contribution in [3.8, 4) is 0 Å². The first-order valence-electron chi connectivity index (χ1n) is 7.94. The molecule has 0 bridgehead atoms. The van der Waals surface area contributed by atoms with Crippen molar-refractivity contribution in [1.82, 2.24) is 4.72 Å². The Morgan fingerprint density at radius 2 is 1.80 bits per heavy atom. The Bertz CT molecular complexity index is 833. The number of anilines is 1. The minimum absolute atomic E-state index is 0.0664. The number of nitrogens with one attached hydrogen (secondary N) is 2. The number of carbonyl (C=O) groups is 1. The Kier molecular flexibility index (Phi) is 6.17. The number of rotatable bonds is 8. The molecule has 0 aromatic heterocycles. The van der Waals surface area contributed by atoms with E-state index in [0.29, 0.717) is 18.2 Å². The molecule has 0 aliphatic carbocycles. The zero-order valence-electron chi connectivity index (χ0n) is 14.2. The van der Waals surface area contributed by atoms with Crippen molar-refractivity contribution in [2.24, 2.45) is 5.92 Å². The van der Waals surface area contributed by atoms with Crippen LogP contribution in [0, 0.1) is 5.92 Å². The lowest BCUT2D eigenvalue weighted by Gasteiger charge is -2.13. The van der Waals surface area contributed by atoms with Gasteiger partial charge in [-0.05, 0) is 29.7 Å². The van der Waals surface area contributed by atoms with Crippen LogP contribution in [0.15, 0.2) is 53.4 Å². The van der Waals surface area contributed by atoms with Crippen LogP contribution in [0.25, 0.3) is 0 Å². The van der Waals surface area contributed by atoms with Crippen molar-refractivity contribution in [2.75, 3.05) is 11.9 Å². The van der Waals surface area contributed by atoms with Gasteiger partial charge in [-0.3, -0.25) is 0 Å². The molecule has 0 spiro atoms. The Hall–Kier alpha value is -2.38. The third-order valence-electron chi connectivity index (χ3n) is 3.54. The lowest BCUT2D eigenvalue weighted by molar-refractivity contribution is 0.0697. The molecule has 2 rings (SSSR count). The van der Waals surface area contributed by atoms with Crippen molar-refractivity contribution < 1.29 is 18.3 Å². The van der Waals surface area contributed by atoms with Gasteiger partial charge in [0.25, 0.3) is 0 Å². The van der Waals surface area contributed by atoms with Crippen LogP contribution in [0.4, 0.5) is 5.69 Å². The van der Waals surface area contributed by atoms with Gasteiger partial charge in [0.05, 0.1) is 10.5 Å². The van der Waals surface area contributed by atoms with Crippen LogP contribution in [-0.2, 0) is 16.6 Å². The molecule has 2 aromatic rings. The summed E-state index contributed by atoms with van der Waals surface area (Å²) in [4.78, 5) is 11.4. The largest absolute Gasteiger partial charge is 0.478 e. The van der Waals surface area contributed by atoms with Crippen molar-refractivity contribution in [3.05, 3.63) is 59.7 Å². The number of hydrogen-bond acceptors (Lipinski definition) is 4. The lowest BCUT2D eigenvalue weighted by Crippen LogP contribution is -2.23. The summed E-state index contributed by atoms with van der Waals surface area (Å²) in [5.74, 6) is -0.844. The molecule has 0 fully saturated rings. The molecule has 0 aliphatic heterocycles. The van der Waals surface area contributed by atoms with Crippen LogP contribution >= 0.6 is 0 Å². The summed E-state index contributed by atoms with van der Waals surface area (Å²) in [7, 11) is -3.80. The molecule has 0 atom stereocenters. The molecular weight excluding hydrogens is 340 g/mol. The van der Waals surface area contributed by atoms with Gasteiger partial charge in [0.15, 0.2) is 0 Å². The van der Waals surface area contributed by atoms with Gasteiger partial charge in [0.1, 0.15) is 0 Å². The summed E-state index contributed by atoms with van der Waals surface area (Å²) in [6, 6.07) is 13.2. The average molecular weight is 362 g/mol. The van der Waals surface area contributed by atoms with Gasteiger partial charge in [-0.25, -0.2) is 17.9 Å². The van der Waals surface area contributed by atoms with Gasteiger partial charge in [0, 0.05) is 18.8 Å². The first-order chi connectivity index (χ1) is 11.8. The zero-order chi connectivity index (χ0) is 18.4. The van der Waals surface area contributed by atoms with Crippen molar-refractivity contribution >= 4 is 21.7 Å². The summed E-state index contributed by atoms with van der Waals surface area (Å²) >= 11 is 0. The van der Waals surface area contributed by atoms with E-state index < -0.39 is 16.0 Å². The Morgan fingerprint density at radius 1 is 1.12 bits per heavy atom. The van der Waals surface area contributed by atoms with Crippen LogP contribution in [0.2, 0.25) is 0 Å². The van der Waals surface area contributed by atoms with Gasteiger partial charge in [0.2, 0.25) is 10.0 Å². The molecule has 3 N–H and O–H groups in total. The molecule has 0 amide bonds. The molecule has 0 saturated carbocycles. The predicted molar refractivity (Wildman–Crippen MR) is 97.2 cm³/mol. The first-order valence-corrected chi connectivity index (χ1v) is 9.42. The minimum atomic E-state index is -3.80. The SMILES string of the molecule is CC(C)CNc1ccc(S(=O)(=O)NCc2ccccc2)cc1C(=O)O. The van der Waals surface area contributed by atoms with E-state index in [9.17, 15) is 18.3 Å². The van der Waals surface area contributed by atoms with Crippen molar-refractivity contribution in [1.29, 1.82) is 0 Å². The fourth-order valence-electron chi connectivity index (χ4n) is 2.19. The third-order valence-corrected chi connectivity index (χ3v) is 4.94. The molecular formula is C18H22N2O4S. The Morgan fingerprint density at radius 3 is 2.40 bits per heavy atom. The van der Waals surface area contributed by atoms with Crippen molar-refractivity contribution in [2.45, 2.75) is 25.3 Å². The summed E-state index contributed by atoms with van der Waals surface area (Å²) in [5.41, 5.74) is 1.16. The highest BCUT2D eigenvalue weighted by Crippen LogP contribution is 2.21. The van der Waals surface area contributed by atoms with Gasteiger partial charge < -0.3 is 10.4 Å². The molecule has 7 heteroatoms. The van der Waals surface area contributed by atoms with E-state index in [-0.39, 0.29) is 17.0 Å². The Balaban J connectivity index is 2.22. The zero-order valence-corrected chi connectivity index (χ0v) is 15.0. The molecule has 25 heavy (non-hydrogen) atoms. The maximum atomic E-state index is 12.4. The van der Waals surface area contributed by atoms with E-state index in [1.54, 1.807) is 0 Å². The number of aromatic carboxylic acids is 1. The topological polar surface area (TPSA) is 95.5 Å². The maximum Gasteiger partial charge on any atom is 0.337 e. The third kappa shape index (κ3) is 5.30. The number of hydrogen-bond donors (Lipinski definition) is 3. The molecule has 6 nitrogen and oxygen atoms in total. The first kappa shape index (κ1) is 19.0. The second-order valence-corrected chi connectivity index (χ2v) is 7.86. The van der Waals surface area contributed by atoms with E-state index in [1.807, 2.05) is 44.2 Å². The van der Waals surface area contributed by atoms with Crippen LogP contribution < -0.4 is 10.0 Å². The molecule has 0 unspecified atom stereocenters. The van der Waals surface area contributed by atoms with E-state index in [2.05, 4.69) is 10.0 Å². The van der Waals surface area contributed by atoms with Crippen LogP contribution in [0.1, 0.15) is 29.8 Å². The van der Waals surface area contributed by atoms with Crippen LogP contribution in [0.3, 0.4) is 0 Å². The molecule has 0 saturated heterocycles. The molecule has 2 aromatic carbocycles. The second-order valence-electron chi connectivity index (χ2n) is 6.10. The standard InChI is InChI=1S/C18H22N2O4S/c1-13(2)11-19-17-9-8-15(10-16(17)18(21)22)25(23,24)20-12-14-6-4-3-5-7-14/h3-10,13,19-20H,11-12H2,1-2H3,(H,21,22). The number of carboxylic acid groups (broad SMARTS) is 1. The highest BCUT2D eigenvalue weighted by molar-refractivity contribution is 7.89. The average Bonchev–Trinajstić information content (AvgIpc) is 2.59. The summed E-state index contributed by atoms with van der Waals surface area (Å²) in [6.07, 6.45) is 0. The van der Waals surface area contributed by atoms with Gasteiger partial charge in [-0.1, -0.05) is 44.2 Å². The summed E-state index contributed by atoms with van der Waals surface area (Å²) < 4.78 is 27.4. The molecule has 134 valence electrons. The second kappa shape index (κ2) is 8.13. The normalized spacial score (nSPS) is 11.5. The molecule has 0 heterocycles. The van der Waals surface area contributed by atoms with E-state index >= 15 is 0 Å². The van der Waals surface area contributed by atoms with Crippen molar-refractivity contribution in [3.63, 3.8) is 0 Å². The summed E-state index contributed by atoms with van der Waals surface area (Å²) in [5, 5.41) is 12.4.